The molecule has 0 aliphatic heterocycles. The van der Waals surface area contributed by atoms with Crippen LogP contribution in [0.2, 0.25) is 0 Å². The molecule has 0 heterocycles. The van der Waals surface area contributed by atoms with E-state index in [1.807, 2.05) is 0 Å². The molecule has 1 aromatic rings. The summed E-state index contributed by atoms with van der Waals surface area (Å²) in [4.78, 5) is 9.65. The van der Waals surface area contributed by atoms with Gasteiger partial charge in [-0.3, -0.25) is 4.79 Å². The minimum absolute atomic E-state index is 0.0354. The highest BCUT2D eigenvalue weighted by Gasteiger charge is 2.16. The Hall–Kier alpha value is -1.35. The zero-order valence-corrected chi connectivity index (χ0v) is 8.81. The van der Waals surface area contributed by atoms with Crippen LogP contribution < -0.4 is 0 Å². The Morgan fingerprint density at radius 2 is 2.00 bits per heavy atom. The third kappa shape index (κ3) is 3.36. The summed E-state index contributed by atoms with van der Waals surface area (Å²) >= 11 is 0. The van der Waals surface area contributed by atoms with Crippen molar-refractivity contribution in [1.29, 1.82) is 0 Å². The minimum atomic E-state index is -0.853. The third-order valence-electron chi connectivity index (χ3n) is 2.46. The molecule has 0 unspecified atom stereocenters. The number of hydrogen-bond donors (Lipinski definition) is 2. The molecule has 0 aromatic heterocycles. The Bertz CT molecular complexity index is 307. The molecule has 2 aliphatic carbocycles. The van der Waals surface area contributed by atoms with Gasteiger partial charge in [-0.2, -0.15) is 0 Å². The Labute approximate surface area is 89.4 Å². The van der Waals surface area contributed by atoms with Gasteiger partial charge in [0.2, 0.25) is 0 Å². The Balaban J connectivity index is 0.000000153. The zero-order chi connectivity index (χ0) is 11.3. The van der Waals surface area contributed by atoms with Gasteiger partial charge in [-0.1, -0.05) is 31.2 Å². The lowest BCUT2D eigenvalue weighted by molar-refractivity contribution is -0.137. The fraction of sp³-hybridized carbons (Fsp3) is 0.417. The van der Waals surface area contributed by atoms with Crippen LogP contribution in [-0.4, -0.2) is 22.8 Å². The van der Waals surface area contributed by atoms with Crippen LogP contribution in [0.3, 0.4) is 0 Å². The van der Waals surface area contributed by atoms with Crippen molar-refractivity contribution in [2.24, 2.45) is 0 Å². The second kappa shape index (κ2) is 5.51. The van der Waals surface area contributed by atoms with E-state index < -0.39 is 5.97 Å². The molecule has 82 valence electrons. The molecule has 15 heavy (non-hydrogen) atoms. The van der Waals surface area contributed by atoms with Gasteiger partial charge in [0.15, 0.2) is 0 Å². The molecule has 0 spiro atoms. The van der Waals surface area contributed by atoms with Crippen LogP contribution >= 0.6 is 0 Å². The molecule has 1 aromatic carbocycles. The molecule has 2 N–H and O–H groups in total. The molecule has 3 heteroatoms. The van der Waals surface area contributed by atoms with Gasteiger partial charge in [-0.05, 0) is 17.5 Å². The van der Waals surface area contributed by atoms with Crippen molar-refractivity contribution in [3.63, 3.8) is 0 Å². The molecule has 0 radical (unpaired) electrons. The Morgan fingerprint density at radius 3 is 2.20 bits per heavy atom. The van der Waals surface area contributed by atoms with Crippen LogP contribution in [0.5, 0.6) is 0 Å². The molecular formula is C12H16O3. The number of carboxylic acids is 1. The molecule has 3 rings (SSSR count). The number of rotatable bonds is 3. The topological polar surface area (TPSA) is 57.5 Å². The van der Waals surface area contributed by atoms with E-state index in [0.29, 0.717) is 6.42 Å². The van der Waals surface area contributed by atoms with E-state index in [1.165, 1.54) is 11.1 Å². The SMILES string of the molecule is CC1c2cccc1c2.O=C(O)CCCO. The average molecular weight is 208 g/mol. The van der Waals surface area contributed by atoms with Crippen LogP contribution in [0.15, 0.2) is 24.3 Å². The normalized spacial score (nSPS) is 12.4. The fourth-order valence-corrected chi connectivity index (χ4v) is 1.42. The predicted octanol–water partition coefficient (Wildman–Crippen LogP) is 2.00. The number of hydrogen-bond acceptors (Lipinski definition) is 2. The van der Waals surface area contributed by atoms with Crippen LogP contribution in [0, 0.1) is 0 Å². The molecule has 3 nitrogen and oxygen atoms in total. The first-order chi connectivity index (χ1) is 7.15. The lowest BCUT2D eigenvalue weighted by Gasteiger charge is -2.22. The fourth-order valence-electron chi connectivity index (χ4n) is 1.42. The maximum Gasteiger partial charge on any atom is 0.303 e. The molecule has 0 amide bonds. The first-order valence-electron chi connectivity index (χ1n) is 5.07. The predicted molar refractivity (Wildman–Crippen MR) is 57.9 cm³/mol. The van der Waals surface area contributed by atoms with Crippen molar-refractivity contribution in [2.75, 3.05) is 6.61 Å². The van der Waals surface area contributed by atoms with E-state index in [4.69, 9.17) is 10.2 Å². The van der Waals surface area contributed by atoms with Crippen LogP contribution in [0.25, 0.3) is 0 Å². The van der Waals surface area contributed by atoms with Gasteiger partial charge in [0.1, 0.15) is 0 Å². The number of aliphatic hydroxyl groups excluding tert-OH is 1. The second-order valence-electron chi connectivity index (χ2n) is 3.61. The number of fused-ring (bicyclic) bond motifs is 2. The van der Waals surface area contributed by atoms with Crippen molar-refractivity contribution < 1.29 is 15.0 Å². The highest BCUT2D eigenvalue weighted by Crippen LogP contribution is 2.33. The standard InChI is InChI=1S/C8H8.C4H8O3/c1-6-7-3-2-4-8(6)5-7;5-3-1-2-4(6)7/h2-6H,1H3;5H,1-3H2,(H,6,7). The Morgan fingerprint density at radius 1 is 1.40 bits per heavy atom. The number of benzene rings is 1. The maximum absolute atomic E-state index is 9.65. The molecule has 0 saturated carbocycles. The summed E-state index contributed by atoms with van der Waals surface area (Å²) in [6, 6.07) is 8.71. The van der Waals surface area contributed by atoms with Crippen molar-refractivity contribution >= 4 is 5.97 Å². The van der Waals surface area contributed by atoms with E-state index in [9.17, 15) is 4.79 Å². The molecular weight excluding hydrogens is 192 g/mol. The molecule has 2 aliphatic rings. The lowest BCUT2D eigenvalue weighted by atomic mass is 9.82. The zero-order valence-electron chi connectivity index (χ0n) is 8.81. The maximum atomic E-state index is 9.65. The van der Waals surface area contributed by atoms with E-state index >= 15 is 0 Å². The van der Waals surface area contributed by atoms with Crippen molar-refractivity contribution in [3.8, 4) is 0 Å². The highest BCUT2D eigenvalue weighted by atomic mass is 16.4. The van der Waals surface area contributed by atoms with Crippen molar-refractivity contribution in [1.82, 2.24) is 0 Å². The van der Waals surface area contributed by atoms with E-state index in [0.717, 1.165) is 5.92 Å². The smallest absolute Gasteiger partial charge is 0.303 e. The van der Waals surface area contributed by atoms with Crippen LogP contribution in [-0.2, 0) is 4.79 Å². The van der Waals surface area contributed by atoms with Gasteiger partial charge in [0, 0.05) is 18.9 Å². The first kappa shape index (κ1) is 11.7. The molecule has 0 saturated heterocycles. The largest absolute Gasteiger partial charge is 0.481 e. The molecule has 2 bridgehead atoms. The van der Waals surface area contributed by atoms with E-state index in [1.54, 1.807) is 0 Å². The van der Waals surface area contributed by atoms with Crippen LogP contribution in [0.1, 0.15) is 36.8 Å². The van der Waals surface area contributed by atoms with Gasteiger partial charge < -0.3 is 10.2 Å². The average Bonchev–Trinajstić information content (AvgIpc) is 2.27. The van der Waals surface area contributed by atoms with Gasteiger partial charge in [0.05, 0.1) is 0 Å². The van der Waals surface area contributed by atoms with Crippen molar-refractivity contribution in [2.45, 2.75) is 25.7 Å². The van der Waals surface area contributed by atoms with Gasteiger partial charge in [-0.15, -0.1) is 0 Å². The Kier molecular flexibility index (Phi) is 4.31. The number of carboxylic acid groups (broad SMARTS) is 1. The van der Waals surface area contributed by atoms with Crippen molar-refractivity contribution in [3.05, 3.63) is 35.4 Å². The van der Waals surface area contributed by atoms with Crippen LogP contribution in [0.4, 0.5) is 0 Å². The number of aliphatic hydroxyl groups is 1. The van der Waals surface area contributed by atoms with Gasteiger partial charge in [-0.25, -0.2) is 0 Å². The summed E-state index contributed by atoms with van der Waals surface area (Å²) in [7, 11) is 0. The second-order valence-corrected chi connectivity index (χ2v) is 3.61. The summed E-state index contributed by atoms with van der Waals surface area (Å²) < 4.78 is 0. The molecule has 0 fully saturated rings. The van der Waals surface area contributed by atoms with E-state index in [-0.39, 0.29) is 13.0 Å². The number of carbonyl (C=O) groups is 1. The quantitative estimate of drug-likeness (QED) is 0.798. The number of aliphatic carboxylic acids is 1. The summed E-state index contributed by atoms with van der Waals surface area (Å²) in [5.41, 5.74) is 2.98. The summed E-state index contributed by atoms with van der Waals surface area (Å²) in [5.74, 6) is -0.117. The molecule has 0 atom stereocenters. The summed E-state index contributed by atoms with van der Waals surface area (Å²) in [5, 5.41) is 16.0. The lowest BCUT2D eigenvalue weighted by Crippen LogP contribution is -2.05. The first-order valence-corrected chi connectivity index (χ1v) is 5.07. The third-order valence-corrected chi connectivity index (χ3v) is 2.46. The van der Waals surface area contributed by atoms with E-state index in [2.05, 4.69) is 31.2 Å². The van der Waals surface area contributed by atoms with Gasteiger partial charge >= 0.3 is 5.97 Å². The highest BCUT2D eigenvalue weighted by molar-refractivity contribution is 5.66. The summed E-state index contributed by atoms with van der Waals surface area (Å²) in [6.07, 6.45) is 0.422. The van der Waals surface area contributed by atoms with Gasteiger partial charge in [0.25, 0.3) is 0 Å². The minimum Gasteiger partial charge on any atom is -0.481 e. The summed E-state index contributed by atoms with van der Waals surface area (Å²) in [6.45, 7) is 2.21. The monoisotopic (exact) mass is 208 g/mol.